The van der Waals surface area contributed by atoms with Crippen LogP contribution in [0.25, 0.3) is 0 Å². The third-order valence-corrected chi connectivity index (χ3v) is 7.83. The molecule has 0 bridgehead atoms. The first-order valence-electron chi connectivity index (χ1n) is 11.0. The van der Waals surface area contributed by atoms with Crippen LogP contribution in [0, 0.1) is 0 Å². The van der Waals surface area contributed by atoms with Crippen molar-refractivity contribution < 1.29 is 9.84 Å². The van der Waals surface area contributed by atoms with E-state index < -0.39 is 5.60 Å². The fourth-order valence-corrected chi connectivity index (χ4v) is 5.99. The van der Waals surface area contributed by atoms with E-state index in [0.29, 0.717) is 12.5 Å². The second-order valence-corrected chi connectivity index (χ2v) is 9.95. The zero-order valence-electron chi connectivity index (χ0n) is 18.1. The molecule has 1 aromatic heterocycles. The van der Waals surface area contributed by atoms with Gasteiger partial charge in [0.25, 0.3) is 0 Å². The molecule has 0 spiro atoms. The summed E-state index contributed by atoms with van der Waals surface area (Å²) in [5, 5.41) is 14.2. The van der Waals surface area contributed by atoms with Crippen molar-refractivity contribution in [2.45, 2.75) is 17.4 Å². The number of hydrogen-bond donors (Lipinski definition) is 1. The minimum atomic E-state index is -1.29. The number of ether oxygens (including phenoxy) is 1. The van der Waals surface area contributed by atoms with Gasteiger partial charge in [0.2, 0.25) is 5.90 Å². The molecule has 0 unspecified atom stereocenters. The Morgan fingerprint density at radius 1 is 0.879 bits per heavy atom. The first kappa shape index (κ1) is 22.0. The van der Waals surface area contributed by atoms with Crippen molar-refractivity contribution in [2.24, 2.45) is 4.99 Å². The summed E-state index contributed by atoms with van der Waals surface area (Å²) in [6, 6.07) is 32.2. The highest BCUT2D eigenvalue weighted by Gasteiger charge is 2.38. The van der Waals surface area contributed by atoms with Gasteiger partial charge >= 0.3 is 0 Å². The molecule has 0 fully saturated rings. The predicted octanol–water partition coefficient (Wildman–Crippen LogP) is 6.11. The third kappa shape index (κ3) is 4.62. The number of thiophene rings is 1. The summed E-state index contributed by atoms with van der Waals surface area (Å²) in [7, 11) is 0. The third-order valence-electron chi connectivity index (χ3n) is 5.77. The Morgan fingerprint density at radius 3 is 2.12 bits per heavy atom. The normalized spacial score (nSPS) is 15.8. The van der Waals surface area contributed by atoms with E-state index in [1.54, 1.807) is 11.3 Å². The molecule has 1 N–H and O–H groups in total. The molecule has 0 amide bonds. The van der Waals surface area contributed by atoms with Crippen molar-refractivity contribution in [1.29, 1.82) is 0 Å². The van der Waals surface area contributed by atoms with E-state index in [1.165, 1.54) is 5.56 Å². The van der Waals surface area contributed by atoms with Crippen molar-refractivity contribution in [3.8, 4) is 0 Å². The van der Waals surface area contributed by atoms with Crippen LogP contribution in [0.4, 0.5) is 0 Å². The minimum Gasteiger partial charge on any atom is -0.475 e. The van der Waals surface area contributed by atoms with Gasteiger partial charge in [-0.2, -0.15) is 11.8 Å². The first-order chi connectivity index (χ1) is 16.2. The van der Waals surface area contributed by atoms with Gasteiger partial charge in [0.15, 0.2) is 0 Å². The molecule has 1 aliphatic heterocycles. The number of nitrogens with zero attached hydrogens (tertiary/aromatic N) is 1. The number of aliphatic hydroxyl groups is 1. The summed E-state index contributed by atoms with van der Waals surface area (Å²) < 4.78 is 6.06. The summed E-state index contributed by atoms with van der Waals surface area (Å²) in [4.78, 5) is 5.79. The maximum absolute atomic E-state index is 12.2. The standard InChI is InChI=1S/C28H25NO2S2/c30-28(22-12-6-2-7-13-22,23-14-8-3-9-15-23)25-16-17-33-26(25)27-29-24(18-31-27)20-32-19-21-10-4-1-5-11-21/h1-17,24,30H,18-20H2/t24-/m1/s1. The van der Waals surface area contributed by atoms with Gasteiger partial charge in [-0.25, -0.2) is 4.99 Å². The average Bonchev–Trinajstić information content (AvgIpc) is 3.55. The molecule has 33 heavy (non-hydrogen) atoms. The maximum Gasteiger partial charge on any atom is 0.227 e. The van der Waals surface area contributed by atoms with E-state index in [-0.39, 0.29) is 6.04 Å². The van der Waals surface area contributed by atoms with Crippen molar-refractivity contribution >= 4 is 29.0 Å². The van der Waals surface area contributed by atoms with Gasteiger partial charge in [0, 0.05) is 17.1 Å². The lowest BCUT2D eigenvalue weighted by atomic mass is 9.80. The lowest BCUT2D eigenvalue weighted by molar-refractivity contribution is 0.126. The Balaban J connectivity index is 1.41. The molecule has 3 nitrogen and oxygen atoms in total. The summed E-state index contributed by atoms with van der Waals surface area (Å²) in [5.74, 6) is 2.50. The van der Waals surface area contributed by atoms with Crippen LogP contribution in [0.1, 0.15) is 27.1 Å². The van der Waals surface area contributed by atoms with Gasteiger partial charge in [-0.3, -0.25) is 0 Å². The monoisotopic (exact) mass is 471 g/mol. The van der Waals surface area contributed by atoms with Crippen LogP contribution in [0.2, 0.25) is 0 Å². The van der Waals surface area contributed by atoms with Crippen LogP contribution in [0.3, 0.4) is 0 Å². The molecule has 166 valence electrons. The SMILES string of the molecule is OC(c1ccccc1)(c1ccccc1)c1ccsc1C1=N[C@@H](CSCc2ccccc2)CO1. The van der Waals surface area contributed by atoms with Gasteiger partial charge in [0.05, 0.1) is 10.9 Å². The second kappa shape index (κ2) is 9.96. The summed E-state index contributed by atoms with van der Waals surface area (Å²) in [6.07, 6.45) is 0. The van der Waals surface area contributed by atoms with Crippen molar-refractivity contribution in [3.05, 3.63) is 130 Å². The van der Waals surface area contributed by atoms with E-state index in [9.17, 15) is 5.11 Å². The number of rotatable bonds is 8. The van der Waals surface area contributed by atoms with Gasteiger partial charge in [-0.05, 0) is 28.1 Å². The van der Waals surface area contributed by atoms with Crippen molar-refractivity contribution in [2.75, 3.05) is 12.4 Å². The summed E-state index contributed by atoms with van der Waals surface area (Å²) >= 11 is 3.44. The van der Waals surface area contributed by atoms with E-state index in [2.05, 4.69) is 24.3 Å². The Hall–Kier alpha value is -2.86. The zero-order valence-corrected chi connectivity index (χ0v) is 19.8. The van der Waals surface area contributed by atoms with E-state index in [4.69, 9.17) is 9.73 Å². The molecule has 5 rings (SSSR count). The molecule has 0 aliphatic carbocycles. The quantitative estimate of drug-likeness (QED) is 0.337. The molecule has 0 saturated heterocycles. The van der Waals surface area contributed by atoms with Crippen molar-refractivity contribution in [1.82, 2.24) is 0 Å². The average molecular weight is 472 g/mol. The van der Waals surface area contributed by atoms with Crippen LogP contribution >= 0.6 is 23.1 Å². The second-order valence-electron chi connectivity index (χ2n) is 8.01. The smallest absolute Gasteiger partial charge is 0.227 e. The highest BCUT2D eigenvalue weighted by Crippen LogP contribution is 2.41. The van der Waals surface area contributed by atoms with Gasteiger partial charge in [-0.1, -0.05) is 91.0 Å². The molecule has 0 saturated carbocycles. The lowest BCUT2D eigenvalue weighted by Crippen LogP contribution is -2.30. The molecule has 4 aromatic rings. The minimum absolute atomic E-state index is 0.116. The summed E-state index contributed by atoms with van der Waals surface area (Å²) in [5.41, 5.74) is 2.49. The zero-order chi connectivity index (χ0) is 22.5. The fraction of sp³-hybridized carbons (Fsp3) is 0.179. The molecule has 3 aromatic carbocycles. The summed E-state index contributed by atoms with van der Waals surface area (Å²) in [6.45, 7) is 0.573. The van der Waals surface area contributed by atoms with Crippen LogP contribution in [-0.4, -0.2) is 29.4 Å². The van der Waals surface area contributed by atoms with Crippen LogP contribution < -0.4 is 0 Å². The van der Waals surface area contributed by atoms with Gasteiger partial charge in [0.1, 0.15) is 12.2 Å². The van der Waals surface area contributed by atoms with Crippen LogP contribution in [0.5, 0.6) is 0 Å². The molecule has 1 atom stereocenters. The molecule has 0 radical (unpaired) electrons. The van der Waals surface area contributed by atoms with Crippen molar-refractivity contribution in [3.63, 3.8) is 0 Å². The predicted molar refractivity (Wildman–Crippen MR) is 138 cm³/mol. The number of thioether (sulfide) groups is 1. The van der Waals surface area contributed by atoms with Crippen LogP contribution in [0.15, 0.2) is 107 Å². The fourth-order valence-electron chi connectivity index (χ4n) is 4.11. The first-order valence-corrected chi connectivity index (χ1v) is 13.0. The molecule has 5 heteroatoms. The number of benzene rings is 3. The molecule has 2 heterocycles. The molecular formula is C28H25NO2S2. The van der Waals surface area contributed by atoms with E-state index in [0.717, 1.165) is 33.1 Å². The Bertz CT molecular complexity index is 1170. The number of hydrogen-bond acceptors (Lipinski definition) is 5. The Kier molecular flexibility index (Phi) is 6.63. The topological polar surface area (TPSA) is 41.8 Å². The van der Waals surface area contributed by atoms with Gasteiger partial charge < -0.3 is 9.84 Å². The Labute approximate surface area is 202 Å². The van der Waals surface area contributed by atoms with E-state index >= 15 is 0 Å². The van der Waals surface area contributed by atoms with E-state index in [1.807, 2.05) is 89.9 Å². The highest BCUT2D eigenvalue weighted by atomic mass is 32.2. The molecule has 1 aliphatic rings. The highest BCUT2D eigenvalue weighted by molar-refractivity contribution is 7.98. The van der Waals surface area contributed by atoms with Gasteiger partial charge in [-0.15, -0.1) is 11.3 Å². The maximum atomic E-state index is 12.2. The Morgan fingerprint density at radius 2 is 1.48 bits per heavy atom. The lowest BCUT2D eigenvalue weighted by Gasteiger charge is -2.30. The van der Waals surface area contributed by atoms with Crippen LogP contribution in [-0.2, 0) is 16.1 Å². The largest absolute Gasteiger partial charge is 0.475 e. The number of aliphatic imine (C=N–C) groups is 1. The molecular weight excluding hydrogens is 446 g/mol.